The van der Waals surface area contributed by atoms with Gasteiger partial charge in [-0.25, -0.2) is 4.79 Å². The molecule has 2 N–H and O–H groups in total. The minimum atomic E-state index is -0.489. The van der Waals surface area contributed by atoms with E-state index in [2.05, 4.69) is 4.90 Å². The van der Waals surface area contributed by atoms with Crippen LogP contribution < -0.4 is 15.4 Å². The van der Waals surface area contributed by atoms with Crippen molar-refractivity contribution in [3.05, 3.63) is 18.2 Å². The predicted octanol–water partition coefficient (Wildman–Crippen LogP) is 2.66. The van der Waals surface area contributed by atoms with E-state index >= 15 is 0 Å². The second kappa shape index (κ2) is 9.52. The Morgan fingerprint density at radius 3 is 2.36 bits per heavy atom. The molecule has 0 spiro atoms. The first-order valence-corrected chi connectivity index (χ1v) is 9.54. The number of esters is 1. The molecule has 1 fully saturated rings. The summed E-state index contributed by atoms with van der Waals surface area (Å²) in [7, 11) is 0. The van der Waals surface area contributed by atoms with Gasteiger partial charge in [-0.3, -0.25) is 4.79 Å². The summed E-state index contributed by atoms with van der Waals surface area (Å²) >= 11 is 0. The third-order valence-electron chi connectivity index (χ3n) is 4.14. The standard InChI is InChI=1S/C20H31N3O5/c1-15(24)26-12-5-13-27-18-7-6-16(14-17(18)21)22-8-10-23(11-9-22)19(25)28-20(2,3)4/h6-7,14H,5,8-13,21H2,1-4H3. The van der Waals surface area contributed by atoms with Gasteiger partial charge in [0.2, 0.25) is 0 Å². The maximum Gasteiger partial charge on any atom is 0.410 e. The summed E-state index contributed by atoms with van der Waals surface area (Å²) in [5, 5.41) is 0. The highest BCUT2D eigenvalue weighted by Gasteiger charge is 2.26. The molecule has 1 aliphatic rings. The van der Waals surface area contributed by atoms with Crippen LogP contribution >= 0.6 is 0 Å². The number of nitrogens with zero attached hydrogens (tertiary/aromatic N) is 2. The summed E-state index contributed by atoms with van der Waals surface area (Å²) in [4.78, 5) is 26.8. The molecule has 2 rings (SSSR count). The van der Waals surface area contributed by atoms with Gasteiger partial charge in [-0.15, -0.1) is 0 Å². The lowest BCUT2D eigenvalue weighted by Gasteiger charge is -2.36. The Bertz CT molecular complexity index is 679. The van der Waals surface area contributed by atoms with Crippen LogP contribution in [-0.4, -0.2) is 62.0 Å². The van der Waals surface area contributed by atoms with E-state index in [0.29, 0.717) is 57.3 Å². The first kappa shape index (κ1) is 21.7. The maximum absolute atomic E-state index is 12.2. The lowest BCUT2D eigenvalue weighted by Crippen LogP contribution is -2.50. The Morgan fingerprint density at radius 2 is 1.79 bits per heavy atom. The second-order valence-corrected chi connectivity index (χ2v) is 7.72. The molecule has 0 atom stereocenters. The van der Waals surface area contributed by atoms with E-state index < -0.39 is 5.60 Å². The van der Waals surface area contributed by atoms with Gasteiger partial charge >= 0.3 is 12.1 Å². The minimum Gasteiger partial charge on any atom is -0.491 e. The molecule has 1 aromatic rings. The molecule has 8 nitrogen and oxygen atoms in total. The van der Waals surface area contributed by atoms with Crippen LogP contribution in [0, 0.1) is 0 Å². The van der Waals surface area contributed by atoms with E-state index in [0.717, 1.165) is 5.69 Å². The fraction of sp³-hybridized carbons (Fsp3) is 0.600. The number of piperazine rings is 1. The SMILES string of the molecule is CC(=O)OCCCOc1ccc(N2CCN(C(=O)OC(C)(C)C)CC2)cc1N. The van der Waals surface area contributed by atoms with E-state index in [4.69, 9.17) is 19.9 Å². The zero-order valence-electron chi connectivity index (χ0n) is 17.2. The third kappa shape index (κ3) is 6.83. The molecule has 28 heavy (non-hydrogen) atoms. The number of rotatable bonds is 6. The van der Waals surface area contributed by atoms with Crippen molar-refractivity contribution in [3.63, 3.8) is 0 Å². The fourth-order valence-corrected chi connectivity index (χ4v) is 2.79. The lowest BCUT2D eigenvalue weighted by atomic mass is 10.2. The summed E-state index contributed by atoms with van der Waals surface area (Å²) in [6.07, 6.45) is 0.331. The van der Waals surface area contributed by atoms with Crippen LogP contribution in [-0.2, 0) is 14.3 Å². The van der Waals surface area contributed by atoms with Crippen molar-refractivity contribution in [1.29, 1.82) is 0 Å². The lowest BCUT2D eigenvalue weighted by molar-refractivity contribution is -0.141. The van der Waals surface area contributed by atoms with Crippen LogP contribution in [0.2, 0.25) is 0 Å². The molecule has 0 bridgehead atoms. The van der Waals surface area contributed by atoms with Crippen LogP contribution in [0.15, 0.2) is 18.2 Å². The molecule has 156 valence electrons. The van der Waals surface area contributed by atoms with Crippen LogP contribution in [0.5, 0.6) is 5.75 Å². The van der Waals surface area contributed by atoms with E-state index in [1.807, 2.05) is 39.0 Å². The van der Waals surface area contributed by atoms with Crippen molar-refractivity contribution in [2.24, 2.45) is 0 Å². The molecule has 0 aromatic heterocycles. The quantitative estimate of drug-likeness (QED) is 0.451. The molecule has 1 saturated heterocycles. The maximum atomic E-state index is 12.2. The summed E-state index contributed by atoms with van der Waals surface area (Å²) in [6, 6.07) is 5.68. The highest BCUT2D eigenvalue weighted by molar-refractivity contribution is 5.69. The van der Waals surface area contributed by atoms with Crippen molar-refractivity contribution in [3.8, 4) is 5.75 Å². The number of anilines is 2. The van der Waals surface area contributed by atoms with Crippen LogP contribution in [0.25, 0.3) is 0 Å². The molecule has 0 unspecified atom stereocenters. The molecule has 1 aliphatic heterocycles. The molecule has 8 heteroatoms. The number of hydrogen-bond donors (Lipinski definition) is 1. The van der Waals surface area contributed by atoms with Gasteiger partial charge in [-0.05, 0) is 39.0 Å². The fourth-order valence-electron chi connectivity index (χ4n) is 2.79. The number of amides is 1. The molecule has 1 heterocycles. The highest BCUT2D eigenvalue weighted by Crippen LogP contribution is 2.28. The molecule has 0 aliphatic carbocycles. The Labute approximate surface area is 166 Å². The van der Waals surface area contributed by atoms with Gasteiger partial charge in [0.05, 0.1) is 18.9 Å². The number of carbonyl (C=O) groups is 2. The zero-order valence-corrected chi connectivity index (χ0v) is 17.2. The number of nitrogen functional groups attached to an aromatic ring is 1. The van der Waals surface area contributed by atoms with Gasteiger partial charge in [0.1, 0.15) is 11.4 Å². The van der Waals surface area contributed by atoms with Gasteiger partial charge in [0.15, 0.2) is 0 Å². The third-order valence-corrected chi connectivity index (χ3v) is 4.14. The number of hydrogen-bond acceptors (Lipinski definition) is 7. The minimum absolute atomic E-state index is 0.274. The van der Waals surface area contributed by atoms with Crippen molar-refractivity contribution in [1.82, 2.24) is 4.90 Å². The van der Waals surface area contributed by atoms with Gasteiger partial charge in [0.25, 0.3) is 0 Å². The van der Waals surface area contributed by atoms with Crippen molar-refractivity contribution in [2.75, 3.05) is 50.0 Å². The first-order valence-electron chi connectivity index (χ1n) is 9.54. The Morgan fingerprint density at radius 1 is 1.11 bits per heavy atom. The number of benzene rings is 1. The van der Waals surface area contributed by atoms with Crippen LogP contribution in [0.3, 0.4) is 0 Å². The summed E-state index contributed by atoms with van der Waals surface area (Å²) in [5.74, 6) is 0.314. The van der Waals surface area contributed by atoms with E-state index in [9.17, 15) is 9.59 Å². The topological polar surface area (TPSA) is 94.3 Å². The van der Waals surface area contributed by atoms with Gasteiger partial charge in [-0.1, -0.05) is 0 Å². The summed E-state index contributed by atoms with van der Waals surface area (Å²) in [6.45, 7) is 10.3. The monoisotopic (exact) mass is 393 g/mol. The predicted molar refractivity (Wildman–Crippen MR) is 108 cm³/mol. The number of ether oxygens (including phenoxy) is 3. The number of carbonyl (C=O) groups excluding carboxylic acids is 2. The normalized spacial score (nSPS) is 14.6. The molecular formula is C20H31N3O5. The zero-order chi connectivity index (χ0) is 20.7. The number of nitrogens with two attached hydrogens (primary N) is 1. The molecule has 0 saturated carbocycles. The van der Waals surface area contributed by atoms with E-state index in [-0.39, 0.29) is 12.1 Å². The van der Waals surface area contributed by atoms with Crippen molar-refractivity contribution in [2.45, 2.75) is 39.7 Å². The molecule has 1 aromatic carbocycles. The van der Waals surface area contributed by atoms with Crippen molar-refractivity contribution < 1.29 is 23.8 Å². The Balaban J connectivity index is 1.82. The highest BCUT2D eigenvalue weighted by atomic mass is 16.6. The van der Waals surface area contributed by atoms with Crippen molar-refractivity contribution >= 4 is 23.4 Å². The first-order chi connectivity index (χ1) is 13.2. The van der Waals surface area contributed by atoms with Gasteiger partial charge in [-0.2, -0.15) is 0 Å². The molecule has 1 amide bonds. The smallest absolute Gasteiger partial charge is 0.410 e. The average Bonchev–Trinajstić information content (AvgIpc) is 2.61. The summed E-state index contributed by atoms with van der Waals surface area (Å²) in [5.41, 5.74) is 7.17. The van der Waals surface area contributed by atoms with E-state index in [1.165, 1.54) is 6.92 Å². The van der Waals surface area contributed by atoms with E-state index in [1.54, 1.807) is 4.90 Å². The van der Waals surface area contributed by atoms with Crippen LogP contribution in [0.1, 0.15) is 34.1 Å². The van der Waals surface area contributed by atoms with Gasteiger partial charge < -0.3 is 29.7 Å². The largest absolute Gasteiger partial charge is 0.491 e. The summed E-state index contributed by atoms with van der Waals surface area (Å²) < 4.78 is 15.9. The Hall–Kier alpha value is -2.64. The molecule has 0 radical (unpaired) electrons. The molecular weight excluding hydrogens is 362 g/mol. The Kier molecular flexibility index (Phi) is 7.37. The van der Waals surface area contributed by atoms with Gasteiger partial charge in [0, 0.05) is 45.2 Å². The average molecular weight is 393 g/mol. The second-order valence-electron chi connectivity index (χ2n) is 7.72. The van der Waals surface area contributed by atoms with Crippen LogP contribution in [0.4, 0.5) is 16.2 Å².